The summed E-state index contributed by atoms with van der Waals surface area (Å²) < 4.78 is 0. The van der Waals surface area contributed by atoms with E-state index >= 15 is 0 Å². The Morgan fingerprint density at radius 2 is 1.62 bits per heavy atom. The molecule has 0 saturated heterocycles. The number of para-hydroxylation sites is 1. The summed E-state index contributed by atoms with van der Waals surface area (Å²) in [5.74, 6) is -2.87. The largest absolute Gasteiger partial charge is 0.508 e. The van der Waals surface area contributed by atoms with Crippen LogP contribution in [0.5, 0.6) is 5.75 Å². The van der Waals surface area contributed by atoms with Crippen molar-refractivity contribution in [3.8, 4) is 5.75 Å². The summed E-state index contributed by atoms with van der Waals surface area (Å²) in [7, 11) is 0. The van der Waals surface area contributed by atoms with E-state index in [2.05, 4.69) is 20.9 Å². The second-order valence-corrected chi connectivity index (χ2v) is 9.91. The molecule has 3 rings (SSSR count). The van der Waals surface area contributed by atoms with E-state index in [0.717, 1.165) is 22.0 Å². The number of hydrogen-bond donors (Lipinski definition) is 7. The molecule has 0 aliphatic rings. The van der Waals surface area contributed by atoms with E-state index in [0.29, 0.717) is 0 Å². The lowest BCUT2D eigenvalue weighted by Crippen LogP contribution is -2.54. The number of rotatable bonds is 13. The van der Waals surface area contributed by atoms with Gasteiger partial charge in [-0.25, -0.2) is 4.79 Å². The van der Waals surface area contributed by atoms with E-state index in [4.69, 9.17) is 5.73 Å². The molecule has 2 aromatic carbocycles. The number of nitrogens with one attached hydrogen (secondary N) is 4. The van der Waals surface area contributed by atoms with Crippen molar-refractivity contribution in [2.45, 2.75) is 51.2 Å². The van der Waals surface area contributed by atoms with Gasteiger partial charge in [0.2, 0.25) is 17.7 Å². The van der Waals surface area contributed by atoms with Crippen molar-refractivity contribution >= 4 is 34.6 Å². The molecule has 39 heavy (non-hydrogen) atoms. The third kappa shape index (κ3) is 8.57. The number of aliphatic carboxylic acids is 1. The number of aromatic nitrogens is 1. The molecule has 1 aromatic heterocycles. The van der Waals surface area contributed by atoms with Crippen molar-refractivity contribution in [1.29, 1.82) is 0 Å². The van der Waals surface area contributed by atoms with Crippen molar-refractivity contribution in [1.82, 2.24) is 20.9 Å². The van der Waals surface area contributed by atoms with Crippen molar-refractivity contribution in [2.75, 3.05) is 6.54 Å². The molecule has 208 valence electrons. The van der Waals surface area contributed by atoms with Gasteiger partial charge in [0, 0.05) is 23.5 Å². The van der Waals surface area contributed by atoms with Gasteiger partial charge in [-0.1, -0.05) is 44.2 Å². The van der Waals surface area contributed by atoms with Crippen LogP contribution >= 0.6 is 0 Å². The molecule has 0 aliphatic heterocycles. The molecule has 0 saturated carbocycles. The lowest BCUT2D eigenvalue weighted by Gasteiger charge is -2.22. The summed E-state index contributed by atoms with van der Waals surface area (Å²) in [5, 5.41) is 27.5. The molecule has 1 heterocycles. The number of fused-ring (bicyclic) bond motifs is 1. The number of nitrogens with two attached hydrogens (primary N) is 1. The molecule has 0 aliphatic carbocycles. The Labute approximate surface area is 226 Å². The molecule has 3 amide bonds. The van der Waals surface area contributed by atoms with Crippen LogP contribution in [0, 0.1) is 5.92 Å². The van der Waals surface area contributed by atoms with Crippen LogP contribution in [0.15, 0.2) is 54.7 Å². The number of aromatic hydroxyl groups is 1. The minimum Gasteiger partial charge on any atom is -0.508 e. The fourth-order valence-electron chi connectivity index (χ4n) is 4.22. The number of H-pyrrole nitrogens is 1. The topological polar surface area (TPSA) is 187 Å². The van der Waals surface area contributed by atoms with Crippen LogP contribution in [0.2, 0.25) is 0 Å². The first-order chi connectivity index (χ1) is 18.5. The van der Waals surface area contributed by atoms with E-state index < -0.39 is 48.4 Å². The molecule has 8 N–H and O–H groups in total. The Hall–Kier alpha value is -4.38. The highest BCUT2D eigenvalue weighted by molar-refractivity contribution is 5.93. The fraction of sp³-hybridized carbons (Fsp3) is 0.357. The maximum Gasteiger partial charge on any atom is 0.326 e. The highest BCUT2D eigenvalue weighted by Gasteiger charge is 2.28. The minimum absolute atomic E-state index is 0.0223. The minimum atomic E-state index is -1.16. The Kier molecular flexibility index (Phi) is 10.0. The number of phenolic OH excluding ortho intramolecular Hbond substituents is 1. The number of hydrogen-bond acceptors (Lipinski definition) is 6. The molecule has 0 radical (unpaired) electrons. The molecule has 0 fully saturated rings. The van der Waals surface area contributed by atoms with Gasteiger partial charge in [0.25, 0.3) is 0 Å². The van der Waals surface area contributed by atoms with Crippen LogP contribution in [0.4, 0.5) is 0 Å². The van der Waals surface area contributed by atoms with Crippen molar-refractivity contribution in [3.05, 3.63) is 65.9 Å². The lowest BCUT2D eigenvalue weighted by molar-refractivity contribution is -0.142. The van der Waals surface area contributed by atoms with Crippen LogP contribution < -0.4 is 21.7 Å². The standard InChI is InChI=1S/C28H35N5O6/c1-16(2)11-24(28(38)39)33-27(37)23(13-18-14-30-22-6-4-3-5-20(18)22)32-25(35)15-31-26(36)21(29)12-17-7-9-19(34)10-8-17/h3-10,14,16,21,23-24,30,34H,11-13,15,29H2,1-2H3,(H,31,36)(H,32,35)(H,33,37)(H,38,39)/t21-,23-,24-/m0/s1. The third-order valence-corrected chi connectivity index (χ3v) is 6.22. The molecule has 3 aromatic rings. The molecule has 11 heteroatoms. The lowest BCUT2D eigenvalue weighted by atomic mass is 10.0. The van der Waals surface area contributed by atoms with Crippen molar-refractivity contribution in [2.24, 2.45) is 11.7 Å². The summed E-state index contributed by atoms with van der Waals surface area (Å²) in [6.45, 7) is 3.28. The molecule has 0 bridgehead atoms. The number of carboxylic acid groups (broad SMARTS) is 1. The molecule has 0 unspecified atom stereocenters. The predicted molar refractivity (Wildman–Crippen MR) is 146 cm³/mol. The van der Waals surface area contributed by atoms with Gasteiger partial charge in [0.05, 0.1) is 12.6 Å². The van der Waals surface area contributed by atoms with E-state index in [-0.39, 0.29) is 30.9 Å². The Balaban J connectivity index is 1.67. The van der Waals surface area contributed by atoms with Gasteiger partial charge >= 0.3 is 5.97 Å². The van der Waals surface area contributed by atoms with Gasteiger partial charge in [-0.2, -0.15) is 0 Å². The first-order valence-electron chi connectivity index (χ1n) is 12.7. The summed E-state index contributed by atoms with van der Waals surface area (Å²) in [6, 6.07) is 10.6. The summed E-state index contributed by atoms with van der Waals surface area (Å²) >= 11 is 0. The van der Waals surface area contributed by atoms with Crippen LogP contribution in [0.1, 0.15) is 31.4 Å². The number of benzene rings is 2. The first-order valence-corrected chi connectivity index (χ1v) is 12.7. The summed E-state index contributed by atoms with van der Waals surface area (Å²) in [4.78, 5) is 53.2. The van der Waals surface area contributed by atoms with E-state index in [9.17, 15) is 29.4 Å². The van der Waals surface area contributed by atoms with Crippen LogP contribution in [-0.2, 0) is 32.0 Å². The Morgan fingerprint density at radius 3 is 2.28 bits per heavy atom. The SMILES string of the molecule is CC(C)C[C@H](NC(=O)[C@H](Cc1c[nH]c2ccccc12)NC(=O)CNC(=O)[C@@H](N)Cc1ccc(O)cc1)C(=O)O. The Bertz CT molecular complexity index is 1300. The summed E-state index contributed by atoms with van der Waals surface area (Å²) in [5.41, 5.74) is 8.32. The smallest absolute Gasteiger partial charge is 0.326 e. The zero-order valence-corrected chi connectivity index (χ0v) is 21.9. The third-order valence-electron chi connectivity index (χ3n) is 6.22. The van der Waals surface area contributed by atoms with Crippen LogP contribution in [0.25, 0.3) is 10.9 Å². The van der Waals surface area contributed by atoms with Crippen LogP contribution in [-0.4, -0.2) is 63.6 Å². The number of phenols is 1. The van der Waals surface area contributed by atoms with Gasteiger partial charge in [0.15, 0.2) is 0 Å². The van der Waals surface area contributed by atoms with Gasteiger partial charge in [-0.05, 0) is 48.1 Å². The van der Waals surface area contributed by atoms with Gasteiger partial charge in [-0.15, -0.1) is 0 Å². The predicted octanol–water partition coefficient (Wildman–Crippen LogP) is 1.20. The highest BCUT2D eigenvalue weighted by Crippen LogP contribution is 2.19. The maximum absolute atomic E-state index is 13.2. The number of carbonyl (C=O) groups is 4. The molecule has 3 atom stereocenters. The molecule has 0 spiro atoms. The van der Waals surface area contributed by atoms with E-state index in [1.54, 1.807) is 18.3 Å². The average Bonchev–Trinajstić information content (AvgIpc) is 3.30. The zero-order chi connectivity index (χ0) is 28.5. The van der Waals surface area contributed by atoms with E-state index in [1.807, 2.05) is 38.1 Å². The summed E-state index contributed by atoms with van der Waals surface area (Å²) in [6.07, 6.45) is 2.27. The second kappa shape index (κ2) is 13.4. The van der Waals surface area contributed by atoms with Crippen molar-refractivity contribution in [3.63, 3.8) is 0 Å². The van der Waals surface area contributed by atoms with Gasteiger partial charge < -0.3 is 36.9 Å². The average molecular weight is 538 g/mol. The monoisotopic (exact) mass is 537 g/mol. The molecular weight excluding hydrogens is 502 g/mol. The quantitative estimate of drug-likeness (QED) is 0.171. The van der Waals surface area contributed by atoms with Crippen molar-refractivity contribution < 1.29 is 29.4 Å². The first kappa shape index (κ1) is 29.2. The van der Waals surface area contributed by atoms with Gasteiger partial charge in [0.1, 0.15) is 17.8 Å². The maximum atomic E-state index is 13.2. The van der Waals surface area contributed by atoms with Crippen LogP contribution in [0.3, 0.4) is 0 Å². The second-order valence-electron chi connectivity index (χ2n) is 9.91. The highest BCUT2D eigenvalue weighted by atomic mass is 16.4. The molecule has 11 nitrogen and oxygen atoms in total. The number of amides is 3. The van der Waals surface area contributed by atoms with E-state index in [1.165, 1.54) is 12.1 Å². The molecular formula is C28H35N5O6. The number of carbonyl (C=O) groups excluding carboxylic acids is 3. The fourth-order valence-corrected chi connectivity index (χ4v) is 4.22. The number of aromatic amines is 1. The normalized spacial score (nSPS) is 13.4. The van der Waals surface area contributed by atoms with Gasteiger partial charge in [-0.3, -0.25) is 14.4 Å². The zero-order valence-electron chi connectivity index (χ0n) is 21.9. The number of carboxylic acids is 1. The Morgan fingerprint density at radius 1 is 0.923 bits per heavy atom.